The van der Waals surface area contributed by atoms with Gasteiger partial charge in [0.1, 0.15) is 11.8 Å². The second kappa shape index (κ2) is 4.38. The lowest BCUT2D eigenvalue weighted by Crippen LogP contribution is -2.21. The highest BCUT2D eigenvalue weighted by molar-refractivity contribution is 5.88. The molecule has 0 aliphatic heterocycles. The van der Waals surface area contributed by atoms with Crippen molar-refractivity contribution < 1.29 is 9.53 Å². The lowest BCUT2D eigenvalue weighted by atomic mass is 9.98. The number of carbonyl (C=O) groups is 1. The number of carbonyl (C=O) groups excluding carboxylic acids is 1. The van der Waals surface area contributed by atoms with Gasteiger partial charge in [0.15, 0.2) is 0 Å². The van der Waals surface area contributed by atoms with Crippen molar-refractivity contribution in [1.29, 1.82) is 0 Å². The van der Waals surface area contributed by atoms with Gasteiger partial charge in [-0.25, -0.2) is 4.79 Å². The number of aromatic nitrogens is 1. The fraction of sp³-hybridized carbons (Fsp3) is 0.545. The Hall–Kier alpha value is -1.45. The molecule has 1 aliphatic rings. The zero-order valence-corrected chi connectivity index (χ0v) is 8.66. The summed E-state index contributed by atoms with van der Waals surface area (Å²) in [6.07, 6.45) is 7.23. The molecular weight excluding hydrogens is 192 g/mol. The highest BCUT2D eigenvalue weighted by Crippen LogP contribution is 2.21. The molecule has 0 unspecified atom stereocenters. The van der Waals surface area contributed by atoms with Gasteiger partial charge in [0.05, 0.1) is 5.69 Å². The Morgan fingerprint density at radius 2 is 2.13 bits per heavy atom. The number of anilines is 1. The van der Waals surface area contributed by atoms with Crippen molar-refractivity contribution >= 4 is 11.7 Å². The molecule has 0 bridgehead atoms. The van der Waals surface area contributed by atoms with Gasteiger partial charge in [-0.05, 0) is 31.7 Å². The molecule has 0 amide bonds. The van der Waals surface area contributed by atoms with Crippen LogP contribution < -0.4 is 5.73 Å². The molecule has 2 rings (SSSR count). The van der Waals surface area contributed by atoms with E-state index in [0.29, 0.717) is 11.4 Å². The smallest absolute Gasteiger partial charge is 0.355 e. The molecule has 1 saturated carbocycles. The van der Waals surface area contributed by atoms with Gasteiger partial charge in [0.2, 0.25) is 0 Å². The van der Waals surface area contributed by atoms with Gasteiger partial charge in [0, 0.05) is 6.20 Å². The number of rotatable bonds is 2. The van der Waals surface area contributed by atoms with Crippen molar-refractivity contribution in [2.45, 2.75) is 38.2 Å². The van der Waals surface area contributed by atoms with Crippen molar-refractivity contribution in [3.05, 3.63) is 18.0 Å². The molecule has 4 nitrogen and oxygen atoms in total. The van der Waals surface area contributed by atoms with Crippen LogP contribution in [-0.4, -0.2) is 17.1 Å². The number of ether oxygens (including phenoxy) is 1. The minimum atomic E-state index is -0.293. The Labute approximate surface area is 88.8 Å². The second-order valence-electron chi connectivity index (χ2n) is 4.01. The monoisotopic (exact) mass is 208 g/mol. The molecule has 1 aromatic rings. The zero-order valence-electron chi connectivity index (χ0n) is 8.66. The zero-order chi connectivity index (χ0) is 10.7. The number of nitrogens with one attached hydrogen (secondary N) is 1. The van der Waals surface area contributed by atoms with Crippen LogP contribution in [-0.2, 0) is 4.74 Å². The van der Waals surface area contributed by atoms with E-state index in [1.165, 1.54) is 6.42 Å². The summed E-state index contributed by atoms with van der Waals surface area (Å²) in [4.78, 5) is 14.4. The Bertz CT molecular complexity index is 340. The van der Waals surface area contributed by atoms with Crippen LogP contribution in [0.5, 0.6) is 0 Å². The highest BCUT2D eigenvalue weighted by atomic mass is 16.5. The van der Waals surface area contributed by atoms with E-state index < -0.39 is 0 Å². The molecule has 0 saturated heterocycles. The molecular formula is C11H16N2O2. The molecule has 0 aromatic carbocycles. The van der Waals surface area contributed by atoms with E-state index >= 15 is 0 Å². The summed E-state index contributed by atoms with van der Waals surface area (Å²) in [5.74, 6) is -0.293. The van der Waals surface area contributed by atoms with E-state index in [9.17, 15) is 4.79 Å². The first-order chi connectivity index (χ1) is 7.25. The number of nitrogen functional groups attached to an aromatic ring is 1. The van der Waals surface area contributed by atoms with Gasteiger partial charge in [0.25, 0.3) is 0 Å². The summed E-state index contributed by atoms with van der Waals surface area (Å²) in [5, 5.41) is 0. The van der Waals surface area contributed by atoms with Crippen LogP contribution in [0.3, 0.4) is 0 Å². The lowest BCUT2D eigenvalue weighted by molar-refractivity contribution is 0.0205. The maximum atomic E-state index is 11.6. The Morgan fingerprint density at radius 1 is 1.40 bits per heavy atom. The van der Waals surface area contributed by atoms with Crippen LogP contribution in [0, 0.1) is 0 Å². The minimum absolute atomic E-state index is 0.0933. The Morgan fingerprint density at radius 3 is 2.73 bits per heavy atom. The van der Waals surface area contributed by atoms with Gasteiger partial charge in [-0.1, -0.05) is 6.42 Å². The minimum Gasteiger partial charge on any atom is -0.458 e. The van der Waals surface area contributed by atoms with Crippen LogP contribution in [0.2, 0.25) is 0 Å². The van der Waals surface area contributed by atoms with Crippen LogP contribution in [0.1, 0.15) is 42.6 Å². The average Bonchev–Trinajstić information content (AvgIpc) is 2.66. The molecule has 4 heteroatoms. The third-order valence-electron chi connectivity index (χ3n) is 2.75. The quantitative estimate of drug-likeness (QED) is 0.731. The van der Waals surface area contributed by atoms with Crippen LogP contribution in [0.15, 0.2) is 12.3 Å². The predicted octanol–water partition coefficient (Wildman–Crippen LogP) is 2.09. The number of nitrogens with two attached hydrogens (primary N) is 1. The summed E-state index contributed by atoms with van der Waals surface area (Å²) < 4.78 is 5.36. The molecule has 1 aromatic heterocycles. The SMILES string of the molecule is Nc1c[nH]c(C(=O)OC2CCCCC2)c1. The lowest BCUT2D eigenvalue weighted by Gasteiger charge is -2.21. The summed E-state index contributed by atoms with van der Waals surface area (Å²) in [5.41, 5.74) is 6.51. The average molecular weight is 208 g/mol. The van der Waals surface area contributed by atoms with E-state index in [1.807, 2.05) is 0 Å². The highest BCUT2D eigenvalue weighted by Gasteiger charge is 2.19. The number of hydrogen-bond donors (Lipinski definition) is 2. The van der Waals surface area contributed by atoms with E-state index in [0.717, 1.165) is 25.7 Å². The number of aromatic amines is 1. The van der Waals surface area contributed by atoms with Gasteiger partial charge in [-0.2, -0.15) is 0 Å². The first kappa shape index (κ1) is 10.1. The van der Waals surface area contributed by atoms with E-state index in [4.69, 9.17) is 10.5 Å². The topological polar surface area (TPSA) is 68.1 Å². The van der Waals surface area contributed by atoms with Crippen LogP contribution in [0.4, 0.5) is 5.69 Å². The van der Waals surface area contributed by atoms with Crippen molar-refractivity contribution in [1.82, 2.24) is 4.98 Å². The maximum Gasteiger partial charge on any atom is 0.355 e. The molecule has 1 fully saturated rings. The van der Waals surface area contributed by atoms with Gasteiger partial charge in [-0.15, -0.1) is 0 Å². The largest absolute Gasteiger partial charge is 0.458 e. The van der Waals surface area contributed by atoms with E-state index in [1.54, 1.807) is 12.3 Å². The van der Waals surface area contributed by atoms with Gasteiger partial charge >= 0.3 is 5.97 Å². The Kier molecular flexibility index (Phi) is 2.94. The third kappa shape index (κ3) is 2.52. The standard InChI is InChI=1S/C11H16N2O2/c12-8-6-10(13-7-8)11(14)15-9-4-2-1-3-5-9/h6-7,9,13H,1-5,12H2. The number of H-pyrrole nitrogens is 1. The molecule has 82 valence electrons. The summed E-state index contributed by atoms with van der Waals surface area (Å²) in [6.45, 7) is 0. The van der Waals surface area contributed by atoms with Crippen molar-refractivity contribution in [2.24, 2.45) is 0 Å². The molecule has 0 radical (unpaired) electrons. The van der Waals surface area contributed by atoms with E-state index in [2.05, 4.69) is 4.98 Å². The molecule has 1 aliphatic carbocycles. The number of esters is 1. The van der Waals surface area contributed by atoms with Crippen LogP contribution >= 0.6 is 0 Å². The van der Waals surface area contributed by atoms with Crippen molar-refractivity contribution in [3.63, 3.8) is 0 Å². The van der Waals surface area contributed by atoms with Gasteiger partial charge in [-0.3, -0.25) is 0 Å². The van der Waals surface area contributed by atoms with E-state index in [-0.39, 0.29) is 12.1 Å². The summed E-state index contributed by atoms with van der Waals surface area (Å²) in [7, 11) is 0. The first-order valence-electron chi connectivity index (χ1n) is 5.40. The normalized spacial score (nSPS) is 17.6. The van der Waals surface area contributed by atoms with Gasteiger partial charge < -0.3 is 15.5 Å². The fourth-order valence-electron chi connectivity index (χ4n) is 1.93. The third-order valence-corrected chi connectivity index (χ3v) is 2.75. The molecule has 15 heavy (non-hydrogen) atoms. The van der Waals surface area contributed by atoms with Crippen LogP contribution in [0.25, 0.3) is 0 Å². The molecule has 0 atom stereocenters. The van der Waals surface area contributed by atoms with Crippen molar-refractivity contribution in [2.75, 3.05) is 5.73 Å². The first-order valence-corrected chi connectivity index (χ1v) is 5.40. The molecule has 0 spiro atoms. The number of hydrogen-bond acceptors (Lipinski definition) is 3. The van der Waals surface area contributed by atoms with Crippen molar-refractivity contribution in [3.8, 4) is 0 Å². The predicted molar refractivity (Wildman–Crippen MR) is 57.5 cm³/mol. The molecule has 3 N–H and O–H groups in total. The Balaban J connectivity index is 1.91. The maximum absolute atomic E-state index is 11.6. The summed E-state index contributed by atoms with van der Waals surface area (Å²) in [6, 6.07) is 1.60. The molecule has 1 heterocycles. The fourth-order valence-corrected chi connectivity index (χ4v) is 1.93. The second-order valence-corrected chi connectivity index (χ2v) is 4.01. The summed E-state index contributed by atoms with van der Waals surface area (Å²) >= 11 is 0.